The molecule has 38 heavy (non-hydrogen) atoms. The Balaban J connectivity index is 1.70. The van der Waals surface area contributed by atoms with Crippen LogP contribution in [0.2, 0.25) is 0 Å². The minimum atomic E-state index is -5.08. The van der Waals surface area contributed by atoms with E-state index in [2.05, 4.69) is 0 Å². The lowest BCUT2D eigenvalue weighted by atomic mass is 10.0. The summed E-state index contributed by atoms with van der Waals surface area (Å²) in [6.45, 7) is 0.163. The van der Waals surface area contributed by atoms with Crippen LogP contribution in [0.15, 0.2) is 91.1 Å². The van der Waals surface area contributed by atoms with E-state index in [0.29, 0.717) is 29.9 Å². The van der Waals surface area contributed by atoms with Crippen LogP contribution in [0, 0.1) is 5.82 Å². The van der Waals surface area contributed by atoms with E-state index in [1.54, 1.807) is 65.4 Å². The van der Waals surface area contributed by atoms with Crippen LogP contribution in [-0.2, 0) is 32.0 Å². The minimum absolute atomic E-state index is 0.00778. The Morgan fingerprint density at radius 1 is 0.711 bits per heavy atom. The summed E-state index contributed by atoms with van der Waals surface area (Å²) in [5.74, 6) is -1.39. The van der Waals surface area contributed by atoms with Crippen LogP contribution in [0.25, 0.3) is 0 Å². The number of amides is 1. The summed E-state index contributed by atoms with van der Waals surface area (Å²) < 4.78 is 95.6. The Labute approximate surface area is 213 Å². The lowest BCUT2D eigenvalue weighted by Crippen LogP contribution is -2.31. The van der Waals surface area contributed by atoms with Gasteiger partial charge in [-0.3, -0.25) is 4.79 Å². The smallest absolute Gasteiger partial charge is 0.345 e. The molecule has 1 aromatic heterocycles. The molecule has 3 nitrogen and oxygen atoms in total. The van der Waals surface area contributed by atoms with E-state index in [0.717, 1.165) is 5.56 Å². The number of aromatic nitrogens is 1. The van der Waals surface area contributed by atoms with Crippen molar-refractivity contribution < 1.29 is 35.5 Å². The molecule has 0 unspecified atom stereocenters. The van der Waals surface area contributed by atoms with E-state index in [-0.39, 0.29) is 19.2 Å². The number of hydrogen-bond acceptors (Lipinski definition) is 1. The lowest BCUT2D eigenvalue weighted by Gasteiger charge is -2.25. The molecule has 198 valence electrons. The Bertz CT molecular complexity index is 1360. The van der Waals surface area contributed by atoms with Gasteiger partial charge in [0.1, 0.15) is 5.82 Å². The number of alkyl halides is 6. The fourth-order valence-electron chi connectivity index (χ4n) is 3.99. The number of halogens is 7. The van der Waals surface area contributed by atoms with E-state index in [9.17, 15) is 35.5 Å². The fraction of sp³-hybridized carbons (Fsp3) is 0.179. The van der Waals surface area contributed by atoms with Gasteiger partial charge in [-0.05, 0) is 53.6 Å². The monoisotopic (exact) mass is 534 g/mol. The van der Waals surface area contributed by atoms with Crippen molar-refractivity contribution in [2.24, 2.45) is 0 Å². The molecule has 0 aliphatic carbocycles. The summed E-state index contributed by atoms with van der Waals surface area (Å²) in [5.41, 5.74) is -1.86. The van der Waals surface area contributed by atoms with Crippen LogP contribution in [0.1, 0.15) is 38.3 Å². The molecule has 0 saturated carbocycles. The number of rotatable bonds is 7. The van der Waals surface area contributed by atoms with Gasteiger partial charge in [0.25, 0.3) is 5.91 Å². The average molecular weight is 534 g/mol. The molecule has 1 heterocycles. The van der Waals surface area contributed by atoms with Gasteiger partial charge in [-0.25, -0.2) is 4.39 Å². The van der Waals surface area contributed by atoms with Crippen molar-refractivity contribution in [1.29, 1.82) is 0 Å². The van der Waals surface area contributed by atoms with Crippen LogP contribution in [0.4, 0.5) is 30.7 Å². The molecule has 0 fully saturated rings. The summed E-state index contributed by atoms with van der Waals surface area (Å²) in [6.07, 6.45) is -8.44. The Morgan fingerprint density at radius 3 is 1.89 bits per heavy atom. The van der Waals surface area contributed by atoms with Gasteiger partial charge in [0.15, 0.2) is 0 Å². The van der Waals surface area contributed by atoms with Gasteiger partial charge < -0.3 is 9.47 Å². The summed E-state index contributed by atoms with van der Waals surface area (Å²) in [7, 11) is 0. The maximum absolute atomic E-state index is 13.5. The SMILES string of the molecule is O=C(c1cc(C(F)(F)F)cc(C(F)(F)F)c1)N(Cc1ccccc1)Cc1cccn1Cc1ccc(F)cc1. The second-order valence-electron chi connectivity index (χ2n) is 8.70. The van der Waals surface area contributed by atoms with Gasteiger partial charge in [-0.15, -0.1) is 0 Å². The molecule has 4 rings (SSSR count). The van der Waals surface area contributed by atoms with Crippen molar-refractivity contribution >= 4 is 5.91 Å². The van der Waals surface area contributed by atoms with E-state index >= 15 is 0 Å². The van der Waals surface area contributed by atoms with Gasteiger partial charge in [0.05, 0.1) is 17.7 Å². The first kappa shape index (κ1) is 27.0. The zero-order valence-corrected chi connectivity index (χ0v) is 19.7. The second kappa shape index (κ2) is 10.7. The molecule has 0 bridgehead atoms. The van der Waals surface area contributed by atoms with E-state index < -0.39 is 40.8 Å². The standard InChI is InChI=1S/C28H21F7N2O/c29-24-10-8-20(9-11-24)16-36-12-4-7-25(36)18-37(17-19-5-2-1-3-6-19)26(38)21-13-22(27(30,31)32)15-23(14-21)28(33,34)35/h1-15H,16-18H2. The van der Waals surface area contributed by atoms with Crippen molar-refractivity contribution in [1.82, 2.24) is 9.47 Å². The van der Waals surface area contributed by atoms with Crippen molar-refractivity contribution in [3.05, 3.63) is 130 Å². The predicted molar refractivity (Wildman–Crippen MR) is 126 cm³/mol. The third kappa shape index (κ3) is 6.62. The summed E-state index contributed by atoms with van der Waals surface area (Å²) in [6, 6.07) is 18.6. The summed E-state index contributed by atoms with van der Waals surface area (Å²) in [4.78, 5) is 14.7. The zero-order valence-electron chi connectivity index (χ0n) is 19.7. The van der Waals surface area contributed by atoms with Crippen molar-refractivity contribution in [3.63, 3.8) is 0 Å². The van der Waals surface area contributed by atoms with Gasteiger partial charge in [0.2, 0.25) is 0 Å². The predicted octanol–water partition coefficient (Wildman–Crippen LogP) is 7.56. The normalized spacial score (nSPS) is 12.0. The van der Waals surface area contributed by atoms with Gasteiger partial charge in [0, 0.05) is 30.5 Å². The largest absolute Gasteiger partial charge is 0.416 e. The van der Waals surface area contributed by atoms with Gasteiger partial charge in [-0.2, -0.15) is 26.3 Å². The molecule has 0 radical (unpaired) electrons. The maximum Gasteiger partial charge on any atom is 0.416 e. The highest BCUT2D eigenvalue weighted by molar-refractivity contribution is 5.94. The number of nitrogens with zero attached hydrogens (tertiary/aromatic N) is 2. The summed E-state index contributed by atoms with van der Waals surface area (Å²) >= 11 is 0. The van der Waals surface area contributed by atoms with Crippen molar-refractivity contribution in [3.8, 4) is 0 Å². The molecule has 10 heteroatoms. The van der Waals surface area contributed by atoms with E-state index in [4.69, 9.17) is 0 Å². The average Bonchev–Trinajstić information content (AvgIpc) is 3.30. The Kier molecular flexibility index (Phi) is 7.61. The first-order chi connectivity index (χ1) is 17.9. The Hall–Kier alpha value is -4.08. The molecule has 4 aromatic rings. The topological polar surface area (TPSA) is 25.2 Å². The van der Waals surface area contributed by atoms with Crippen LogP contribution < -0.4 is 0 Å². The minimum Gasteiger partial charge on any atom is -0.345 e. The third-order valence-electron chi connectivity index (χ3n) is 5.88. The van der Waals surface area contributed by atoms with Gasteiger partial charge >= 0.3 is 12.4 Å². The molecule has 0 saturated heterocycles. The quantitative estimate of drug-likeness (QED) is 0.225. The molecule has 0 aliphatic rings. The highest BCUT2D eigenvalue weighted by Crippen LogP contribution is 2.36. The van der Waals surface area contributed by atoms with Crippen LogP contribution >= 0.6 is 0 Å². The van der Waals surface area contributed by atoms with Gasteiger partial charge in [-0.1, -0.05) is 42.5 Å². The van der Waals surface area contributed by atoms with Crippen LogP contribution in [-0.4, -0.2) is 15.4 Å². The van der Waals surface area contributed by atoms with Crippen molar-refractivity contribution in [2.75, 3.05) is 0 Å². The van der Waals surface area contributed by atoms with Crippen molar-refractivity contribution in [2.45, 2.75) is 32.0 Å². The summed E-state index contributed by atoms with van der Waals surface area (Å²) in [5, 5.41) is 0. The molecule has 0 spiro atoms. The highest BCUT2D eigenvalue weighted by Gasteiger charge is 2.38. The lowest BCUT2D eigenvalue weighted by molar-refractivity contribution is -0.143. The first-order valence-corrected chi connectivity index (χ1v) is 11.4. The van der Waals surface area contributed by atoms with E-state index in [1.165, 1.54) is 17.0 Å². The molecule has 1 amide bonds. The third-order valence-corrected chi connectivity index (χ3v) is 5.88. The molecule has 0 atom stereocenters. The van der Waals surface area contributed by atoms with Crippen LogP contribution in [0.5, 0.6) is 0 Å². The maximum atomic E-state index is 13.5. The molecule has 0 N–H and O–H groups in total. The second-order valence-corrected chi connectivity index (χ2v) is 8.70. The van der Waals surface area contributed by atoms with E-state index in [1.807, 2.05) is 0 Å². The zero-order chi connectivity index (χ0) is 27.5. The Morgan fingerprint density at radius 2 is 1.32 bits per heavy atom. The molecular weight excluding hydrogens is 513 g/mol. The number of carbonyl (C=O) groups is 1. The molecular formula is C28H21F7N2O. The molecule has 0 aliphatic heterocycles. The number of hydrogen-bond donors (Lipinski definition) is 0. The first-order valence-electron chi connectivity index (χ1n) is 11.4. The fourth-order valence-corrected chi connectivity index (χ4v) is 3.99. The number of carbonyl (C=O) groups excluding carboxylic acids is 1. The number of benzene rings is 3. The van der Waals surface area contributed by atoms with Crippen LogP contribution in [0.3, 0.4) is 0 Å². The molecule has 3 aromatic carbocycles. The highest BCUT2D eigenvalue weighted by atomic mass is 19.4.